The molecule has 4 nitrogen and oxygen atoms in total. The number of ether oxygens (including phenoxy) is 1. The molecule has 0 amide bonds. The first kappa shape index (κ1) is 14.7. The molecule has 3 rings (SSSR count). The molecule has 2 unspecified atom stereocenters. The number of aliphatic hydroxyl groups is 1. The molecule has 116 valence electrons. The molecule has 2 aliphatic rings. The fourth-order valence-electron chi connectivity index (χ4n) is 3.46. The summed E-state index contributed by atoms with van der Waals surface area (Å²) < 4.78 is 56.0. The first-order valence-corrected chi connectivity index (χ1v) is 8.37. The van der Waals surface area contributed by atoms with Crippen LogP contribution in [0.2, 0.25) is 0 Å². The molecule has 0 spiro atoms. The van der Waals surface area contributed by atoms with Crippen LogP contribution in [0.1, 0.15) is 31.2 Å². The second-order valence-corrected chi connectivity index (χ2v) is 8.34. The van der Waals surface area contributed by atoms with E-state index in [2.05, 4.69) is 0 Å². The first-order chi connectivity index (χ1) is 9.78. The van der Waals surface area contributed by atoms with Crippen molar-refractivity contribution in [3.05, 3.63) is 29.3 Å². The summed E-state index contributed by atoms with van der Waals surface area (Å²) >= 11 is 0. The van der Waals surface area contributed by atoms with Crippen LogP contribution in [0.5, 0.6) is 5.75 Å². The molecule has 2 fully saturated rings. The molecule has 0 aliphatic carbocycles. The zero-order valence-corrected chi connectivity index (χ0v) is 12.3. The average molecular weight is 318 g/mol. The molecule has 0 radical (unpaired) electrons. The van der Waals surface area contributed by atoms with E-state index in [9.17, 15) is 22.3 Å². The average Bonchev–Trinajstić information content (AvgIpc) is 2.62. The highest BCUT2D eigenvalue weighted by molar-refractivity contribution is 7.93. The molecular weight excluding hydrogens is 302 g/mol. The first-order valence-electron chi connectivity index (χ1n) is 6.76. The smallest absolute Gasteiger partial charge is 0.200 e. The molecule has 1 aromatic carbocycles. The largest absolute Gasteiger partial charge is 0.494 e. The van der Waals surface area contributed by atoms with Crippen molar-refractivity contribution in [1.29, 1.82) is 0 Å². The topological polar surface area (TPSA) is 63.6 Å². The van der Waals surface area contributed by atoms with Crippen LogP contribution in [0.25, 0.3) is 0 Å². The molecule has 7 heteroatoms. The third-order valence-corrected chi connectivity index (χ3v) is 7.29. The van der Waals surface area contributed by atoms with Crippen LogP contribution in [0.3, 0.4) is 0 Å². The van der Waals surface area contributed by atoms with Gasteiger partial charge in [-0.15, -0.1) is 0 Å². The summed E-state index contributed by atoms with van der Waals surface area (Å²) in [7, 11) is -1.99. The minimum absolute atomic E-state index is 0.0139. The van der Waals surface area contributed by atoms with Crippen LogP contribution in [0.4, 0.5) is 8.78 Å². The van der Waals surface area contributed by atoms with Gasteiger partial charge in [0.2, 0.25) is 5.82 Å². The van der Waals surface area contributed by atoms with E-state index in [0.717, 1.165) is 6.07 Å². The van der Waals surface area contributed by atoms with Gasteiger partial charge >= 0.3 is 0 Å². The molecule has 1 N–H and O–H groups in total. The van der Waals surface area contributed by atoms with Crippen LogP contribution >= 0.6 is 0 Å². The maximum atomic E-state index is 13.6. The molecule has 0 aromatic heterocycles. The zero-order chi connectivity index (χ0) is 15.4. The SMILES string of the molecule is COc1cc(C2(O)CC3CCC(C2)S3(=O)=O)cc(F)c1F. The van der Waals surface area contributed by atoms with Gasteiger partial charge in [0, 0.05) is 0 Å². The summed E-state index contributed by atoms with van der Waals surface area (Å²) in [6.07, 6.45) is 1.05. The number of hydrogen-bond acceptors (Lipinski definition) is 4. The number of methoxy groups -OCH3 is 1. The Morgan fingerprint density at radius 1 is 1.24 bits per heavy atom. The monoisotopic (exact) mass is 318 g/mol. The van der Waals surface area contributed by atoms with Gasteiger partial charge in [0.1, 0.15) is 0 Å². The second-order valence-electron chi connectivity index (χ2n) is 5.82. The maximum absolute atomic E-state index is 13.6. The van der Waals surface area contributed by atoms with Crippen molar-refractivity contribution >= 4 is 9.84 Å². The Kier molecular flexibility index (Phi) is 3.25. The number of sulfone groups is 1. The molecule has 1 aromatic rings. The number of halogens is 2. The highest BCUT2D eigenvalue weighted by atomic mass is 32.2. The van der Waals surface area contributed by atoms with Crippen molar-refractivity contribution in [2.45, 2.75) is 41.8 Å². The Morgan fingerprint density at radius 2 is 1.81 bits per heavy atom. The number of fused-ring (bicyclic) bond motifs is 2. The fourth-order valence-corrected chi connectivity index (χ4v) is 5.95. The molecule has 21 heavy (non-hydrogen) atoms. The van der Waals surface area contributed by atoms with E-state index < -0.39 is 37.6 Å². The lowest BCUT2D eigenvalue weighted by Gasteiger charge is -2.36. The molecule has 0 saturated carbocycles. The molecule has 2 atom stereocenters. The zero-order valence-electron chi connectivity index (χ0n) is 11.5. The molecule has 2 saturated heterocycles. The van der Waals surface area contributed by atoms with Crippen LogP contribution in [-0.4, -0.2) is 31.1 Å². The highest BCUT2D eigenvalue weighted by Crippen LogP contribution is 2.48. The molecule has 2 heterocycles. The van der Waals surface area contributed by atoms with Crippen molar-refractivity contribution < 1.29 is 27.0 Å². The van der Waals surface area contributed by atoms with Gasteiger partial charge in [0.05, 0.1) is 23.2 Å². The van der Waals surface area contributed by atoms with Crippen LogP contribution in [0, 0.1) is 11.6 Å². The van der Waals surface area contributed by atoms with E-state index >= 15 is 0 Å². The predicted octanol–water partition coefficient (Wildman–Crippen LogP) is 1.90. The van der Waals surface area contributed by atoms with E-state index in [1.54, 1.807) is 0 Å². The third-order valence-electron chi connectivity index (χ3n) is 4.62. The van der Waals surface area contributed by atoms with Crippen molar-refractivity contribution in [3.8, 4) is 5.75 Å². The minimum Gasteiger partial charge on any atom is -0.494 e. The van der Waals surface area contributed by atoms with E-state index in [0.29, 0.717) is 12.8 Å². The standard InChI is InChI=1S/C14H16F2O4S/c1-20-12-5-8(4-11(15)13(12)16)14(17)6-9-2-3-10(7-14)21(9,18)19/h4-5,9-10,17H,2-3,6-7H2,1H3. The quantitative estimate of drug-likeness (QED) is 0.904. The Labute approximate surface area is 121 Å². The lowest BCUT2D eigenvalue weighted by molar-refractivity contribution is 0.0167. The molecule has 2 bridgehead atoms. The lowest BCUT2D eigenvalue weighted by atomic mass is 9.85. The summed E-state index contributed by atoms with van der Waals surface area (Å²) in [6, 6.07) is 2.17. The summed E-state index contributed by atoms with van der Waals surface area (Å²) in [4.78, 5) is 0. The van der Waals surface area contributed by atoms with E-state index in [1.807, 2.05) is 0 Å². The fraction of sp³-hybridized carbons (Fsp3) is 0.571. The maximum Gasteiger partial charge on any atom is 0.200 e. The minimum atomic E-state index is -3.20. The number of rotatable bonds is 2. The van der Waals surface area contributed by atoms with E-state index in [-0.39, 0.29) is 24.2 Å². The summed E-state index contributed by atoms with van der Waals surface area (Å²) in [5.74, 6) is -2.52. The van der Waals surface area contributed by atoms with Crippen LogP contribution in [0.15, 0.2) is 12.1 Å². The van der Waals surface area contributed by atoms with Gasteiger partial charge in [-0.3, -0.25) is 0 Å². The van der Waals surface area contributed by atoms with Gasteiger partial charge in [0.15, 0.2) is 21.4 Å². The van der Waals surface area contributed by atoms with Crippen LogP contribution < -0.4 is 4.74 Å². The lowest BCUT2D eigenvalue weighted by Crippen LogP contribution is -2.43. The number of hydrogen-bond donors (Lipinski definition) is 1. The Morgan fingerprint density at radius 3 is 2.33 bits per heavy atom. The summed E-state index contributed by atoms with van der Waals surface area (Å²) in [6.45, 7) is 0. The third kappa shape index (κ3) is 2.14. The Bertz CT molecular complexity index is 666. The van der Waals surface area contributed by atoms with Crippen LogP contribution in [-0.2, 0) is 15.4 Å². The van der Waals surface area contributed by atoms with Gasteiger partial charge in [-0.25, -0.2) is 12.8 Å². The normalized spacial score (nSPS) is 33.9. The highest BCUT2D eigenvalue weighted by Gasteiger charge is 2.53. The van der Waals surface area contributed by atoms with E-state index in [1.165, 1.54) is 13.2 Å². The van der Waals surface area contributed by atoms with Gasteiger partial charge in [-0.05, 0) is 43.4 Å². The van der Waals surface area contributed by atoms with Crippen molar-refractivity contribution in [3.63, 3.8) is 0 Å². The van der Waals surface area contributed by atoms with Crippen molar-refractivity contribution in [2.75, 3.05) is 7.11 Å². The van der Waals surface area contributed by atoms with Gasteiger partial charge in [-0.2, -0.15) is 4.39 Å². The summed E-state index contributed by atoms with van der Waals surface area (Å²) in [5.41, 5.74) is -1.29. The predicted molar refractivity (Wildman–Crippen MR) is 71.8 cm³/mol. The van der Waals surface area contributed by atoms with E-state index in [4.69, 9.17) is 4.74 Å². The number of benzene rings is 1. The Balaban J connectivity index is 2.03. The van der Waals surface area contributed by atoms with Gasteiger partial charge in [-0.1, -0.05) is 0 Å². The summed E-state index contributed by atoms with van der Waals surface area (Å²) in [5, 5.41) is 9.56. The molecular formula is C14H16F2O4S. The van der Waals surface area contributed by atoms with Crippen molar-refractivity contribution in [1.82, 2.24) is 0 Å². The van der Waals surface area contributed by atoms with Gasteiger partial charge < -0.3 is 9.84 Å². The Hall–Kier alpha value is -1.21. The van der Waals surface area contributed by atoms with Crippen molar-refractivity contribution in [2.24, 2.45) is 0 Å². The second kappa shape index (κ2) is 4.64. The molecule has 2 aliphatic heterocycles. The van der Waals surface area contributed by atoms with Gasteiger partial charge in [0.25, 0.3) is 0 Å².